The van der Waals surface area contributed by atoms with Crippen LogP contribution in [-0.4, -0.2) is 14.3 Å². The summed E-state index contributed by atoms with van der Waals surface area (Å²) in [4.78, 5) is 0.138. The fourth-order valence-electron chi connectivity index (χ4n) is 2.60. The number of hydrogen-bond donors (Lipinski definition) is 1. The average molecular weight is 399 g/mol. The van der Waals surface area contributed by atoms with Gasteiger partial charge in [-0.05, 0) is 61.9 Å². The molecule has 0 saturated carbocycles. The van der Waals surface area contributed by atoms with Crippen LogP contribution in [0.15, 0.2) is 82.1 Å². The van der Waals surface area contributed by atoms with Crippen molar-refractivity contribution in [2.45, 2.75) is 18.7 Å². The number of nitrogens with one attached hydrogen (secondary N) is 1. The van der Waals surface area contributed by atoms with Crippen molar-refractivity contribution in [3.63, 3.8) is 0 Å². The molecule has 0 saturated heterocycles. The Labute approximate surface area is 164 Å². The van der Waals surface area contributed by atoms with Gasteiger partial charge in [0.05, 0.1) is 4.90 Å². The van der Waals surface area contributed by atoms with Crippen molar-refractivity contribution in [1.82, 2.24) is 0 Å². The molecule has 6 heteroatoms. The number of halogens is 1. The Morgan fingerprint density at radius 2 is 1.59 bits per heavy atom. The van der Waals surface area contributed by atoms with Crippen LogP contribution in [-0.2, 0) is 10.0 Å². The van der Waals surface area contributed by atoms with Crippen LogP contribution in [0.4, 0.5) is 5.69 Å². The first kappa shape index (κ1) is 19.1. The third kappa shape index (κ3) is 4.76. The minimum atomic E-state index is -3.87. The molecule has 3 aromatic rings. The van der Waals surface area contributed by atoms with Gasteiger partial charge in [-0.15, -0.1) is 4.40 Å². The van der Waals surface area contributed by atoms with Crippen LogP contribution in [0.5, 0.6) is 0 Å². The maximum atomic E-state index is 12.8. The topological polar surface area (TPSA) is 58.5 Å². The van der Waals surface area contributed by atoms with E-state index in [4.69, 9.17) is 11.6 Å². The van der Waals surface area contributed by atoms with Gasteiger partial charge in [0.2, 0.25) is 0 Å². The van der Waals surface area contributed by atoms with Gasteiger partial charge in [0, 0.05) is 16.3 Å². The summed E-state index contributed by atoms with van der Waals surface area (Å²) in [5.41, 5.74) is 3.53. The normalized spacial score (nSPS) is 12.0. The van der Waals surface area contributed by atoms with Gasteiger partial charge in [0.15, 0.2) is 5.84 Å². The summed E-state index contributed by atoms with van der Waals surface area (Å²) in [6, 6.07) is 20.9. The molecule has 0 aliphatic heterocycles. The van der Waals surface area contributed by atoms with Gasteiger partial charge in [-0.25, -0.2) is 0 Å². The first-order valence-electron chi connectivity index (χ1n) is 8.35. The zero-order chi connectivity index (χ0) is 19.4. The number of anilines is 1. The predicted octanol–water partition coefficient (Wildman–Crippen LogP) is 5.20. The summed E-state index contributed by atoms with van der Waals surface area (Å²) < 4.78 is 29.6. The molecule has 0 spiro atoms. The molecule has 138 valence electrons. The summed E-state index contributed by atoms with van der Waals surface area (Å²) >= 11 is 5.97. The highest BCUT2D eigenvalue weighted by Gasteiger charge is 2.16. The standard InChI is InChI=1S/C21H19ClN2O2S/c1-15-8-13-20(16(2)14-15)23-21(17-9-11-18(22)12-10-17)24-27(25,26)19-6-4-3-5-7-19/h3-14H,1-2H3,(H,23,24). The Morgan fingerprint density at radius 1 is 0.926 bits per heavy atom. The van der Waals surface area contributed by atoms with Gasteiger partial charge >= 0.3 is 0 Å². The van der Waals surface area contributed by atoms with Crippen molar-refractivity contribution in [3.05, 3.63) is 94.5 Å². The third-order valence-electron chi connectivity index (χ3n) is 4.01. The molecule has 3 rings (SSSR count). The minimum Gasteiger partial charge on any atom is -0.339 e. The molecular weight excluding hydrogens is 380 g/mol. The predicted molar refractivity (Wildman–Crippen MR) is 111 cm³/mol. The van der Waals surface area contributed by atoms with Gasteiger partial charge in [-0.2, -0.15) is 8.42 Å². The summed E-state index contributed by atoms with van der Waals surface area (Å²) in [7, 11) is -3.87. The van der Waals surface area contributed by atoms with Gasteiger partial charge in [0.25, 0.3) is 10.0 Å². The molecule has 0 atom stereocenters. The molecule has 0 radical (unpaired) electrons. The summed E-state index contributed by atoms with van der Waals surface area (Å²) in [6.45, 7) is 3.96. The number of aryl methyl sites for hydroxylation is 2. The molecular formula is C21H19ClN2O2S. The van der Waals surface area contributed by atoms with Crippen molar-refractivity contribution in [3.8, 4) is 0 Å². The van der Waals surface area contributed by atoms with E-state index in [1.54, 1.807) is 42.5 Å². The zero-order valence-electron chi connectivity index (χ0n) is 15.0. The highest BCUT2D eigenvalue weighted by molar-refractivity contribution is 7.90. The number of amidine groups is 1. The molecule has 4 nitrogen and oxygen atoms in total. The Hall–Kier alpha value is -2.63. The van der Waals surface area contributed by atoms with Crippen LogP contribution in [0.1, 0.15) is 16.7 Å². The molecule has 1 N–H and O–H groups in total. The SMILES string of the molecule is Cc1ccc(N/C(=N\S(=O)(=O)c2ccccc2)c2ccc(Cl)cc2)c(C)c1. The largest absolute Gasteiger partial charge is 0.339 e. The Morgan fingerprint density at radius 3 is 2.22 bits per heavy atom. The zero-order valence-corrected chi connectivity index (χ0v) is 16.6. The molecule has 0 aliphatic rings. The Kier molecular flexibility index (Phi) is 5.63. The number of nitrogens with zero attached hydrogens (tertiary/aromatic N) is 1. The van der Waals surface area contributed by atoms with Crippen LogP contribution in [0.3, 0.4) is 0 Å². The van der Waals surface area contributed by atoms with Crippen molar-refractivity contribution in [2.75, 3.05) is 5.32 Å². The Balaban J connectivity index is 2.08. The van der Waals surface area contributed by atoms with Crippen molar-refractivity contribution >= 4 is 33.1 Å². The Bertz CT molecular complexity index is 1080. The van der Waals surface area contributed by atoms with Crippen LogP contribution in [0.2, 0.25) is 5.02 Å². The molecule has 0 fully saturated rings. The fourth-order valence-corrected chi connectivity index (χ4v) is 3.73. The second kappa shape index (κ2) is 7.94. The van der Waals surface area contributed by atoms with E-state index in [9.17, 15) is 8.42 Å². The van der Waals surface area contributed by atoms with E-state index in [0.29, 0.717) is 10.6 Å². The molecule has 0 aliphatic carbocycles. The van der Waals surface area contributed by atoms with Crippen molar-refractivity contribution < 1.29 is 8.42 Å². The first-order valence-corrected chi connectivity index (χ1v) is 10.2. The smallest absolute Gasteiger partial charge is 0.284 e. The molecule has 3 aromatic carbocycles. The van der Waals surface area contributed by atoms with Gasteiger partial charge in [-0.1, -0.05) is 47.5 Å². The molecule has 0 bridgehead atoms. The van der Waals surface area contributed by atoms with E-state index in [1.165, 1.54) is 12.1 Å². The fraction of sp³-hybridized carbons (Fsp3) is 0.0952. The highest BCUT2D eigenvalue weighted by Crippen LogP contribution is 2.20. The second-order valence-electron chi connectivity index (χ2n) is 6.18. The van der Waals surface area contributed by atoms with Crippen molar-refractivity contribution in [2.24, 2.45) is 4.40 Å². The molecule has 0 aromatic heterocycles. The lowest BCUT2D eigenvalue weighted by Crippen LogP contribution is -2.17. The monoisotopic (exact) mass is 398 g/mol. The van der Waals surface area contributed by atoms with Crippen molar-refractivity contribution in [1.29, 1.82) is 0 Å². The van der Waals surface area contributed by atoms with E-state index in [1.807, 2.05) is 32.0 Å². The maximum absolute atomic E-state index is 12.8. The minimum absolute atomic E-state index is 0.138. The molecule has 27 heavy (non-hydrogen) atoms. The number of hydrogen-bond acceptors (Lipinski definition) is 2. The van der Waals surface area contributed by atoms with E-state index < -0.39 is 10.0 Å². The summed E-state index contributed by atoms with van der Waals surface area (Å²) in [5, 5.41) is 3.73. The van der Waals surface area contributed by atoms with E-state index in [-0.39, 0.29) is 10.7 Å². The lowest BCUT2D eigenvalue weighted by Gasteiger charge is -2.13. The maximum Gasteiger partial charge on any atom is 0.284 e. The third-order valence-corrected chi connectivity index (χ3v) is 5.55. The molecule has 0 unspecified atom stereocenters. The highest BCUT2D eigenvalue weighted by atomic mass is 35.5. The van der Waals surface area contributed by atoms with Crippen LogP contribution in [0, 0.1) is 13.8 Å². The average Bonchev–Trinajstić information content (AvgIpc) is 2.64. The van der Waals surface area contributed by atoms with Crippen LogP contribution >= 0.6 is 11.6 Å². The summed E-state index contributed by atoms with van der Waals surface area (Å²) in [6.07, 6.45) is 0. The lowest BCUT2D eigenvalue weighted by atomic mass is 10.1. The van der Waals surface area contributed by atoms with Gasteiger partial charge < -0.3 is 5.32 Å². The first-order chi connectivity index (χ1) is 12.8. The summed E-state index contributed by atoms with van der Waals surface area (Å²) in [5.74, 6) is 0.238. The quantitative estimate of drug-likeness (QED) is 0.485. The second-order valence-corrected chi connectivity index (χ2v) is 8.22. The van der Waals surface area contributed by atoms with Crippen LogP contribution in [0.25, 0.3) is 0 Å². The number of sulfonamides is 1. The molecule has 0 heterocycles. The lowest BCUT2D eigenvalue weighted by molar-refractivity contribution is 0.598. The van der Waals surface area contributed by atoms with Crippen LogP contribution < -0.4 is 5.32 Å². The van der Waals surface area contributed by atoms with Gasteiger partial charge in [-0.3, -0.25) is 0 Å². The van der Waals surface area contributed by atoms with E-state index in [2.05, 4.69) is 9.71 Å². The van der Waals surface area contributed by atoms with E-state index >= 15 is 0 Å². The molecule has 0 amide bonds. The number of rotatable bonds is 4. The van der Waals surface area contributed by atoms with E-state index in [0.717, 1.165) is 16.8 Å². The number of benzene rings is 3. The van der Waals surface area contributed by atoms with Gasteiger partial charge in [0.1, 0.15) is 0 Å².